The second kappa shape index (κ2) is 5.31. The van der Waals surface area contributed by atoms with E-state index in [4.69, 9.17) is 4.74 Å². The van der Waals surface area contributed by atoms with Gasteiger partial charge in [-0.3, -0.25) is 0 Å². The fraction of sp³-hybridized carbons (Fsp3) is 0.125. The van der Waals surface area contributed by atoms with Gasteiger partial charge in [0.1, 0.15) is 11.9 Å². The van der Waals surface area contributed by atoms with Crippen LogP contribution in [0.1, 0.15) is 17.2 Å². The van der Waals surface area contributed by atoms with Crippen molar-refractivity contribution in [3.05, 3.63) is 64.3 Å². The third-order valence-corrected chi connectivity index (χ3v) is 4.00. The smallest absolute Gasteiger partial charge is 0.133 e. The second-order valence-corrected chi connectivity index (χ2v) is 5.48. The number of fused-ring (bicyclic) bond motifs is 1. The molecule has 0 bridgehead atoms. The highest BCUT2D eigenvalue weighted by Crippen LogP contribution is 2.31. The van der Waals surface area contributed by atoms with E-state index in [-0.39, 0.29) is 0 Å². The Bertz CT molecular complexity index is 751. The first kappa shape index (κ1) is 13.2. The van der Waals surface area contributed by atoms with Crippen LogP contribution in [-0.2, 0) is 0 Å². The number of aromatic amines is 1. The number of aliphatic hydroxyl groups is 1. The van der Waals surface area contributed by atoms with E-state index in [0.717, 1.165) is 32.3 Å². The van der Waals surface area contributed by atoms with Gasteiger partial charge in [0.2, 0.25) is 0 Å². The lowest BCUT2D eigenvalue weighted by molar-refractivity contribution is 0.220. The molecule has 3 rings (SSSR count). The first-order chi connectivity index (χ1) is 9.69. The van der Waals surface area contributed by atoms with E-state index in [1.54, 1.807) is 7.11 Å². The molecule has 1 aromatic heterocycles. The zero-order chi connectivity index (χ0) is 14.1. The van der Waals surface area contributed by atoms with Crippen molar-refractivity contribution >= 4 is 26.8 Å². The number of H-pyrrole nitrogens is 1. The number of hydrogen-bond acceptors (Lipinski definition) is 2. The molecule has 0 aliphatic rings. The van der Waals surface area contributed by atoms with Crippen molar-refractivity contribution in [2.24, 2.45) is 0 Å². The number of rotatable bonds is 3. The molecular weight excluding hydrogens is 318 g/mol. The van der Waals surface area contributed by atoms with Crippen molar-refractivity contribution < 1.29 is 9.84 Å². The summed E-state index contributed by atoms with van der Waals surface area (Å²) in [6.07, 6.45) is 1.24. The molecule has 1 unspecified atom stereocenters. The summed E-state index contributed by atoms with van der Waals surface area (Å²) in [6, 6.07) is 13.5. The number of methoxy groups -OCH3 is 1. The summed E-state index contributed by atoms with van der Waals surface area (Å²) >= 11 is 3.44. The molecule has 1 atom stereocenters. The van der Waals surface area contributed by atoms with Gasteiger partial charge < -0.3 is 14.8 Å². The van der Waals surface area contributed by atoms with Crippen LogP contribution >= 0.6 is 15.9 Å². The Morgan fingerprint density at radius 1 is 1.10 bits per heavy atom. The Balaban J connectivity index is 1.98. The number of benzene rings is 2. The van der Waals surface area contributed by atoms with Crippen LogP contribution in [0.5, 0.6) is 5.75 Å². The maximum Gasteiger partial charge on any atom is 0.133 e. The Hall–Kier alpha value is -1.78. The Kier molecular flexibility index (Phi) is 3.51. The van der Waals surface area contributed by atoms with Crippen LogP contribution < -0.4 is 4.74 Å². The highest BCUT2D eigenvalue weighted by Gasteiger charge is 2.13. The number of halogens is 1. The highest BCUT2D eigenvalue weighted by molar-refractivity contribution is 9.10. The van der Waals surface area contributed by atoms with Gasteiger partial charge in [-0.25, -0.2) is 0 Å². The zero-order valence-corrected chi connectivity index (χ0v) is 12.5. The molecule has 0 saturated carbocycles. The van der Waals surface area contributed by atoms with Crippen LogP contribution in [0.25, 0.3) is 10.9 Å². The molecule has 1 heterocycles. The van der Waals surface area contributed by atoms with Crippen molar-refractivity contribution in [1.29, 1.82) is 0 Å². The normalized spacial score (nSPS) is 12.6. The van der Waals surface area contributed by atoms with Gasteiger partial charge in [-0.15, -0.1) is 0 Å². The van der Waals surface area contributed by atoms with E-state index in [0.29, 0.717) is 0 Å². The van der Waals surface area contributed by atoms with Crippen molar-refractivity contribution in [3.63, 3.8) is 0 Å². The van der Waals surface area contributed by atoms with E-state index in [2.05, 4.69) is 20.9 Å². The largest absolute Gasteiger partial charge is 0.496 e. The maximum atomic E-state index is 10.5. The monoisotopic (exact) mass is 331 g/mol. The van der Waals surface area contributed by atoms with Crippen LogP contribution in [0.15, 0.2) is 53.1 Å². The van der Waals surface area contributed by atoms with Gasteiger partial charge >= 0.3 is 0 Å². The van der Waals surface area contributed by atoms with Crippen LogP contribution in [0.3, 0.4) is 0 Å². The Morgan fingerprint density at radius 3 is 2.60 bits per heavy atom. The van der Waals surface area contributed by atoms with Gasteiger partial charge in [0.25, 0.3) is 0 Å². The molecule has 0 aliphatic carbocycles. The number of hydrogen-bond donors (Lipinski definition) is 2. The van der Waals surface area contributed by atoms with E-state index in [1.165, 1.54) is 0 Å². The third kappa shape index (κ3) is 2.32. The van der Waals surface area contributed by atoms with Crippen LogP contribution in [-0.4, -0.2) is 17.2 Å². The van der Waals surface area contributed by atoms with Gasteiger partial charge in [0.15, 0.2) is 0 Å². The molecule has 4 heteroatoms. The van der Waals surface area contributed by atoms with Gasteiger partial charge in [-0.05, 0) is 62.8 Å². The quantitative estimate of drug-likeness (QED) is 0.761. The first-order valence-corrected chi connectivity index (χ1v) is 7.07. The van der Waals surface area contributed by atoms with Gasteiger partial charge in [0, 0.05) is 11.7 Å². The molecule has 20 heavy (non-hydrogen) atoms. The second-order valence-electron chi connectivity index (χ2n) is 4.62. The van der Waals surface area contributed by atoms with E-state index in [9.17, 15) is 5.11 Å². The van der Waals surface area contributed by atoms with Crippen molar-refractivity contribution in [2.45, 2.75) is 6.10 Å². The molecule has 3 nitrogen and oxygen atoms in total. The predicted molar refractivity (Wildman–Crippen MR) is 83.1 cm³/mol. The van der Waals surface area contributed by atoms with Gasteiger partial charge in [-0.2, -0.15) is 0 Å². The third-order valence-electron chi connectivity index (χ3n) is 3.38. The molecule has 2 N–H and O–H groups in total. The summed E-state index contributed by atoms with van der Waals surface area (Å²) in [5.74, 6) is 0.752. The molecule has 0 spiro atoms. The van der Waals surface area contributed by atoms with Crippen molar-refractivity contribution in [2.75, 3.05) is 7.11 Å². The van der Waals surface area contributed by atoms with E-state index >= 15 is 0 Å². The number of nitrogens with one attached hydrogen (secondary N) is 1. The fourth-order valence-corrected chi connectivity index (χ4v) is 2.85. The molecule has 0 fully saturated rings. The van der Waals surface area contributed by atoms with Gasteiger partial charge in [-0.1, -0.05) is 12.1 Å². The maximum absolute atomic E-state index is 10.5. The van der Waals surface area contributed by atoms with Crippen LogP contribution in [0, 0.1) is 0 Å². The summed E-state index contributed by atoms with van der Waals surface area (Å²) in [4.78, 5) is 3.14. The molecule has 3 aromatic rings. The lowest BCUT2D eigenvalue weighted by Gasteiger charge is -2.13. The summed E-state index contributed by atoms with van der Waals surface area (Å²) in [6.45, 7) is 0. The SMILES string of the molecule is COc1ccc(C(O)c2ccc3[nH]ccc3c2)cc1Br. The summed E-state index contributed by atoms with van der Waals surface area (Å²) in [5.41, 5.74) is 2.76. The van der Waals surface area contributed by atoms with Crippen LogP contribution in [0.4, 0.5) is 0 Å². The summed E-state index contributed by atoms with van der Waals surface area (Å²) in [5, 5.41) is 11.6. The minimum atomic E-state index is -0.656. The van der Waals surface area contributed by atoms with E-state index < -0.39 is 6.10 Å². The Labute approximate surface area is 125 Å². The summed E-state index contributed by atoms with van der Waals surface area (Å²) in [7, 11) is 1.62. The average Bonchev–Trinajstić information content (AvgIpc) is 2.93. The van der Waals surface area contributed by atoms with E-state index in [1.807, 2.05) is 48.7 Å². The molecule has 0 amide bonds. The topological polar surface area (TPSA) is 45.2 Å². The minimum absolute atomic E-state index is 0.656. The number of ether oxygens (including phenoxy) is 1. The number of aliphatic hydroxyl groups excluding tert-OH is 1. The first-order valence-electron chi connectivity index (χ1n) is 6.27. The lowest BCUT2D eigenvalue weighted by Crippen LogP contribution is -2.00. The molecule has 0 saturated heterocycles. The molecule has 0 radical (unpaired) electrons. The standard InChI is InChI=1S/C16H14BrNO2/c1-20-15-5-3-12(9-13(15)17)16(19)11-2-4-14-10(8-11)6-7-18-14/h2-9,16,18-19H,1H3. The molecule has 102 valence electrons. The fourth-order valence-electron chi connectivity index (χ4n) is 2.29. The van der Waals surface area contributed by atoms with Gasteiger partial charge in [0.05, 0.1) is 11.6 Å². The molecule has 2 aromatic carbocycles. The zero-order valence-electron chi connectivity index (χ0n) is 10.9. The minimum Gasteiger partial charge on any atom is -0.496 e. The molecule has 0 aliphatic heterocycles. The van der Waals surface area contributed by atoms with Crippen LogP contribution in [0.2, 0.25) is 0 Å². The average molecular weight is 332 g/mol. The van der Waals surface area contributed by atoms with Crippen molar-refractivity contribution in [3.8, 4) is 5.75 Å². The lowest BCUT2D eigenvalue weighted by atomic mass is 10.0. The molecular formula is C16H14BrNO2. The summed E-state index contributed by atoms with van der Waals surface area (Å²) < 4.78 is 6.03. The number of aromatic nitrogens is 1. The Morgan fingerprint density at radius 2 is 1.85 bits per heavy atom. The predicted octanol–water partition coefficient (Wildman–Crippen LogP) is 4.02. The highest BCUT2D eigenvalue weighted by atomic mass is 79.9. The van der Waals surface area contributed by atoms with Crippen molar-refractivity contribution in [1.82, 2.24) is 4.98 Å².